The van der Waals surface area contributed by atoms with E-state index in [9.17, 15) is 22.7 Å². The first-order valence-electron chi connectivity index (χ1n) is 6.30. The van der Waals surface area contributed by atoms with Crippen LogP contribution in [0.25, 0.3) is 0 Å². The zero-order valence-electron chi connectivity index (χ0n) is 12.0. The Balaban J connectivity index is 2.53. The highest BCUT2D eigenvalue weighted by molar-refractivity contribution is 6.62. The van der Waals surface area contributed by atoms with Gasteiger partial charge >= 0.3 is 13.3 Å². The number of halogens is 4. The van der Waals surface area contributed by atoms with Gasteiger partial charge in [-0.2, -0.15) is 13.2 Å². The molecule has 0 spiro atoms. The maximum absolute atomic E-state index is 13.2. The van der Waals surface area contributed by atoms with E-state index in [0.29, 0.717) is 6.07 Å². The van der Waals surface area contributed by atoms with Crippen LogP contribution in [0.2, 0.25) is 0 Å². The quantitative estimate of drug-likeness (QED) is 0.640. The lowest BCUT2D eigenvalue weighted by Gasteiger charge is -2.32. The average molecular weight is 306 g/mol. The van der Waals surface area contributed by atoms with Crippen LogP contribution >= 0.6 is 0 Å². The monoisotopic (exact) mass is 306 g/mol. The van der Waals surface area contributed by atoms with E-state index in [1.807, 2.05) is 0 Å². The molecular weight excluding hydrogens is 291 g/mol. The molecule has 1 fully saturated rings. The van der Waals surface area contributed by atoms with Crippen molar-refractivity contribution in [1.29, 1.82) is 0 Å². The number of aromatic hydroxyl groups is 1. The highest BCUT2D eigenvalue weighted by Gasteiger charge is 2.53. The van der Waals surface area contributed by atoms with Gasteiger partial charge in [0.2, 0.25) is 0 Å². The largest absolute Gasteiger partial charge is 0.505 e. The molecule has 1 N–H and O–H groups in total. The summed E-state index contributed by atoms with van der Waals surface area (Å²) in [5.74, 6) is -2.23. The minimum atomic E-state index is -4.78. The SMILES string of the molecule is CC1(C)OB(c2cc(O)c(F)cc2C(F)(F)F)OC1(C)C. The molecule has 21 heavy (non-hydrogen) atoms. The van der Waals surface area contributed by atoms with E-state index >= 15 is 0 Å². The van der Waals surface area contributed by atoms with E-state index in [-0.39, 0.29) is 6.07 Å². The first kappa shape index (κ1) is 16.1. The molecule has 1 aromatic carbocycles. The van der Waals surface area contributed by atoms with Gasteiger partial charge in [-0.1, -0.05) is 0 Å². The van der Waals surface area contributed by atoms with Crippen molar-refractivity contribution in [1.82, 2.24) is 0 Å². The molecule has 3 nitrogen and oxygen atoms in total. The maximum atomic E-state index is 13.2. The van der Waals surface area contributed by atoms with Crippen molar-refractivity contribution >= 4 is 12.6 Å². The molecule has 116 valence electrons. The van der Waals surface area contributed by atoms with Gasteiger partial charge in [0.15, 0.2) is 11.6 Å². The van der Waals surface area contributed by atoms with Crippen LogP contribution in [0.15, 0.2) is 12.1 Å². The van der Waals surface area contributed by atoms with Crippen LogP contribution in [-0.2, 0) is 15.5 Å². The minimum absolute atomic E-state index is 0.246. The Morgan fingerprint density at radius 2 is 1.52 bits per heavy atom. The summed E-state index contributed by atoms with van der Waals surface area (Å²) in [6.07, 6.45) is -4.78. The van der Waals surface area contributed by atoms with Crippen LogP contribution in [0.5, 0.6) is 5.75 Å². The van der Waals surface area contributed by atoms with Crippen LogP contribution in [0.1, 0.15) is 33.3 Å². The molecule has 8 heteroatoms. The fourth-order valence-corrected chi connectivity index (χ4v) is 1.99. The molecular formula is C13H15BF4O3. The molecule has 1 aromatic rings. The summed E-state index contributed by atoms with van der Waals surface area (Å²) >= 11 is 0. The third kappa shape index (κ3) is 2.74. The van der Waals surface area contributed by atoms with E-state index in [1.165, 1.54) is 0 Å². The first-order chi connectivity index (χ1) is 9.35. The van der Waals surface area contributed by atoms with Crippen LogP contribution in [0.3, 0.4) is 0 Å². The Morgan fingerprint density at radius 1 is 1.05 bits per heavy atom. The van der Waals surface area contributed by atoms with Gasteiger partial charge in [0.1, 0.15) is 0 Å². The molecule has 0 atom stereocenters. The summed E-state index contributed by atoms with van der Waals surface area (Å²) in [6, 6.07) is 0.940. The van der Waals surface area contributed by atoms with E-state index in [0.717, 1.165) is 0 Å². The number of rotatable bonds is 1. The summed E-state index contributed by atoms with van der Waals surface area (Å²) in [6.45, 7) is 6.74. The summed E-state index contributed by atoms with van der Waals surface area (Å²) in [7, 11) is -1.34. The number of phenols is 1. The van der Waals surface area contributed by atoms with Gasteiger partial charge in [-0.05, 0) is 45.3 Å². The highest BCUT2D eigenvalue weighted by atomic mass is 19.4. The van der Waals surface area contributed by atoms with Crippen LogP contribution < -0.4 is 5.46 Å². The molecule has 1 aliphatic rings. The molecule has 0 aliphatic carbocycles. The average Bonchev–Trinajstić information content (AvgIpc) is 2.50. The van der Waals surface area contributed by atoms with Gasteiger partial charge in [0.25, 0.3) is 0 Å². The highest BCUT2D eigenvalue weighted by Crippen LogP contribution is 2.38. The molecule has 2 rings (SSSR count). The summed E-state index contributed by atoms with van der Waals surface area (Å²) < 4.78 is 63.4. The number of alkyl halides is 3. The minimum Gasteiger partial charge on any atom is -0.505 e. The molecule has 1 saturated heterocycles. The van der Waals surface area contributed by atoms with E-state index in [1.54, 1.807) is 27.7 Å². The Bertz CT molecular complexity index is 553. The summed E-state index contributed by atoms with van der Waals surface area (Å²) in [5, 5.41) is 9.36. The lowest BCUT2D eigenvalue weighted by atomic mass is 9.75. The van der Waals surface area contributed by atoms with Gasteiger partial charge in [0, 0.05) is 0 Å². The standard InChI is InChI=1S/C13H15BF4O3/c1-11(2)12(3,4)21-14(20-11)8-6-10(19)9(15)5-7(8)13(16,17)18/h5-6,19H,1-4H3. The third-order valence-corrected chi connectivity index (χ3v) is 3.93. The van der Waals surface area contributed by atoms with Crippen molar-refractivity contribution in [2.45, 2.75) is 45.1 Å². The van der Waals surface area contributed by atoms with Crippen molar-refractivity contribution in [3.05, 3.63) is 23.5 Å². The zero-order valence-corrected chi connectivity index (χ0v) is 12.0. The Morgan fingerprint density at radius 3 is 1.95 bits per heavy atom. The Kier molecular flexibility index (Phi) is 3.53. The number of hydrogen-bond acceptors (Lipinski definition) is 3. The zero-order chi connectivity index (χ0) is 16.2. The van der Waals surface area contributed by atoms with Gasteiger partial charge in [0.05, 0.1) is 16.8 Å². The second-order valence-electron chi connectivity index (χ2n) is 5.98. The predicted octanol–water partition coefficient (Wildman–Crippen LogP) is 2.85. The lowest BCUT2D eigenvalue weighted by Crippen LogP contribution is -2.41. The van der Waals surface area contributed by atoms with Gasteiger partial charge in [-0.25, -0.2) is 4.39 Å². The van der Waals surface area contributed by atoms with E-state index in [2.05, 4.69) is 0 Å². The van der Waals surface area contributed by atoms with Gasteiger partial charge in [-0.3, -0.25) is 0 Å². The fourth-order valence-electron chi connectivity index (χ4n) is 1.99. The number of benzene rings is 1. The molecule has 1 heterocycles. The Hall–Kier alpha value is -1.28. The van der Waals surface area contributed by atoms with Crippen molar-refractivity contribution in [2.24, 2.45) is 0 Å². The molecule has 0 amide bonds. The lowest BCUT2D eigenvalue weighted by molar-refractivity contribution is -0.137. The number of hydrogen-bond donors (Lipinski definition) is 1. The van der Waals surface area contributed by atoms with Crippen molar-refractivity contribution in [2.75, 3.05) is 0 Å². The fraction of sp³-hybridized carbons (Fsp3) is 0.538. The van der Waals surface area contributed by atoms with Gasteiger partial charge in [-0.15, -0.1) is 0 Å². The van der Waals surface area contributed by atoms with E-state index < -0.39 is 47.1 Å². The molecule has 0 saturated carbocycles. The van der Waals surface area contributed by atoms with Crippen molar-refractivity contribution in [3.8, 4) is 5.75 Å². The molecule has 0 unspecified atom stereocenters. The molecule has 1 aliphatic heterocycles. The number of phenolic OH excluding ortho intramolecular Hbond substituents is 1. The van der Waals surface area contributed by atoms with Crippen molar-refractivity contribution in [3.63, 3.8) is 0 Å². The Labute approximate surface area is 120 Å². The van der Waals surface area contributed by atoms with Gasteiger partial charge < -0.3 is 14.4 Å². The molecule has 0 aromatic heterocycles. The van der Waals surface area contributed by atoms with Crippen LogP contribution in [0.4, 0.5) is 17.6 Å². The normalized spacial score (nSPS) is 20.9. The summed E-state index contributed by atoms with van der Waals surface area (Å²) in [4.78, 5) is 0. The summed E-state index contributed by atoms with van der Waals surface area (Å²) in [5.41, 5.74) is -3.36. The van der Waals surface area contributed by atoms with Crippen LogP contribution in [0, 0.1) is 5.82 Å². The van der Waals surface area contributed by atoms with Crippen LogP contribution in [-0.4, -0.2) is 23.4 Å². The molecule has 0 radical (unpaired) electrons. The van der Waals surface area contributed by atoms with Crippen molar-refractivity contribution < 1.29 is 32.0 Å². The third-order valence-electron chi connectivity index (χ3n) is 3.93. The smallest absolute Gasteiger partial charge is 0.495 e. The van der Waals surface area contributed by atoms with E-state index in [4.69, 9.17) is 9.31 Å². The second kappa shape index (κ2) is 4.61. The maximum Gasteiger partial charge on any atom is 0.495 e. The molecule has 0 bridgehead atoms. The predicted molar refractivity (Wildman–Crippen MR) is 68.8 cm³/mol. The topological polar surface area (TPSA) is 38.7 Å². The second-order valence-corrected chi connectivity index (χ2v) is 5.98. The first-order valence-corrected chi connectivity index (χ1v) is 6.30.